The Morgan fingerprint density at radius 1 is 1.42 bits per heavy atom. The molecule has 19 heavy (non-hydrogen) atoms. The van der Waals surface area contributed by atoms with Crippen molar-refractivity contribution in [3.8, 4) is 6.07 Å². The molecule has 1 aliphatic heterocycles. The maximum atomic E-state index is 8.96. The molecule has 1 aromatic carbocycles. The smallest absolute Gasteiger partial charge is 0.0994 e. The van der Waals surface area contributed by atoms with Crippen LogP contribution in [0.15, 0.2) is 18.2 Å². The van der Waals surface area contributed by atoms with Gasteiger partial charge < -0.3 is 10.6 Å². The molecule has 1 spiro atoms. The van der Waals surface area contributed by atoms with Crippen molar-refractivity contribution in [2.45, 2.75) is 50.6 Å². The Labute approximate surface area is 115 Å². The van der Waals surface area contributed by atoms with Crippen LogP contribution in [0.3, 0.4) is 0 Å². The molecular formula is C16H21N3. The van der Waals surface area contributed by atoms with Gasteiger partial charge in [0.15, 0.2) is 0 Å². The van der Waals surface area contributed by atoms with Gasteiger partial charge in [0.2, 0.25) is 0 Å². The number of anilines is 1. The van der Waals surface area contributed by atoms with Crippen LogP contribution in [0.2, 0.25) is 0 Å². The van der Waals surface area contributed by atoms with Gasteiger partial charge in [0, 0.05) is 17.3 Å². The first-order valence-electron chi connectivity index (χ1n) is 7.23. The lowest BCUT2D eigenvalue weighted by molar-refractivity contribution is 0.135. The Bertz CT molecular complexity index is 511. The molecule has 1 atom stereocenters. The third-order valence-corrected chi connectivity index (χ3v) is 4.66. The summed E-state index contributed by atoms with van der Waals surface area (Å²) < 4.78 is 0. The van der Waals surface area contributed by atoms with Gasteiger partial charge in [0.25, 0.3) is 0 Å². The maximum Gasteiger partial charge on any atom is 0.0994 e. The molecule has 1 saturated carbocycles. The van der Waals surface area contributed by atoms with Gasteiger partial charge >= 0.3 is 0 Å². The maximum absolute atomic E-state index is 8.96. The largest absolute Gasteiger partial charge is 0.382 e. The third kappa shape index (κ3) is 2.46. The lowest BCUT2D eigenvalue weighted by Crippen LogP contribution is -2.58. The van der Waals surface area contributed by atoms with Crippen molar-refractivity contribution in [2.75, 3.05) is 11.9 Å². The van der Waals surface area contributed by atoms with Gasteiger partial charge in [-0.1, -0.05) is 0 Å². The van der Waals surface area contributed by atoms with Crippen molar-refractivity contribution in [3.05, 3.63) is 29.3 Å². The highest BCUT2D eigenvalue weighted by Gasteiger charge is 2.40. The molecule has 0 aromatic heterocycles. The van der Waals surface area contributed by atoms with Crippen molar-refractivity contribution in [2.24, 2.45) is 0 Å². The second-order valence-electron chi connectivity index (χ2n) is 6.04. The first-order valence-corrected chi connectivity index (χ1v) is 7.23. The van der Waals surface area contributed by atoms with Gasteiger partial charge in [0.1, 0.15) is 0 Å². The van der Waals surface area contributed by atoms with E-state index in [4.69, 9.17) is 5.26 Å². The van der Waals surface area contributed by atoms with Gasteiger partial charge in [-0.2, -0.15) is 5.26 Å². The zero-order chi connectivity index (χ0) is 13.3. The first kappa shape index (κ1) is 12.5. The molecule has 100 valence electrons. The van der Waals surface area contributed by atoms with Crippen LogP contribution in [-0.4, -0.2) is 18.1 Å². The van der Waals surface area contributed by atoms with Gasteiger partial charge in [-0.25, -0.2) is 0 Å². The van der Waals surface area contributed by atoms with Gasteiger partial charge in [-0.05, 0) is 69.3 Å². The standard InChI is InChI=1S/C16H21N3/c1-12-9-14(4-3-13(12)11-17)19-15-5-8-18-16(10-15)6-2-7-16/h3-4,9,15,18-19H,2,5-8,10H2,1H3. The molecule has 0 radical (unpaired) electrons. The number of hydrogen-bond donors (Lipinski definition) is 2. The predicted octanol–water partition coefficient (Wildman–Crippen LogP) is 2.95. The Hall–Kier alpha value is -1.53. The minimum absolute atomic E-state index is 0.428. The van der Waals surface area contributed by atoms with E-state index in [2.05, 4.69) is 22.8 Å². The topological polar surface area (TPSA) is 47.8 Å². The number of aryl methyl sites for hydroxylation is 1. The molecule has 3 rings (SSSR count). The van der Waals surface area contributed by atoms with E-state index in [1.807, 2.05) is 19.1 Å². The van der Waals surface area contributed by atoms with Gasteiger partial charge in [-0.15, -0.1) is 0 Å². The van der Waals surface area contributed by atoms with E-state index in [0.29, 0.717) is 11.6 Å². The fourth-order valence-corrected chi connectivity index (χ4v) is 3.38. The van der Waals surface area contributed by atoms with Crippen molar-refractivity contribution < 1.29 is 0 Å². The van der Waals surface area contributed by atoms with Crippen molar-refractivity contribution in [1.82, 2.24) is 5.32 Å². The summed E-state index contributed by atoms with van der Waals surface area (Å²) in [6, 6.07) is 8.82. The summed E-state index contributed by atoms with van der Waals surface area (Å²) in [4.78, 5) is 0. The van der Waals surface area contributed by atoms with Crippen molar-refractivity contribution >= 4 is 5.69 Å². The van der Waals surface area contributed by atoms with Crippen LogP contribution >= 0.6 is 0 Å². The minimum atomic E-state index is 0.428. The van der Waals surface area contributed by atoms with E-state index in [0.717, 1.165) is 23.4 Å². The average molecular weight is 255 g/mol. The molecule has 3 nitrogen and oxygen atoms in total. The third-order valence-electron chi connectivity index (χ3n) is 4.66. The summed E-state index contributed by atoms with van der Waals surface area (Å²) in [6.07, 6.45) is 6.44. The number of benzene rings is 1. The molecule has 1 aliphatic carbocycles. The highest BCUT2D eigenvalue weighted by Crippen LogP contribution is 2.39. The number of hydrogen-bond acceptors (Lipinski definition) is 3. The van der Waals surface area contributed by atoms with Crippen LogP contribution < -0.4 is 10.6 Å². The van der Waals surface area contributed by atoms with E-state index in [1.165, 1.54) is 32.1 Å². The highest BCUT2D eigenvalue weighted by atomic mass is 15.0. The van der Waals surface area contributed by atoms with Crippen molar-refractivity contribution in [1.29, 1.82) is 5.26 Å². The lowest BCUT2D eigenvalue weighted by atomic mass is 9.70. The molecule has 2 fully saturated rings. The summed E-state index contributed by atoms with van der Waals surface area (Å²) in [5.74, 6) is 0. The normalized spacial score (nSPS) is 24.5. The second kappa shape index (κ2) is 4.86. The molecule has 2 aliphatic rings. The van der Waals surface area contributed by atoms with E-state index < -0.39 is 0 Å². The minimum Gasteiger partial charge on any atom is -0.382 e. The van der Waals surface area contributed by atoms with Crippen LogP contribution in [0.4, 0.5) is 5.69 Å². The fourth-order valence-electron chi connectivity index (χ4n) is 3.38. The Morgan fingerprint density at radius 3 is 2.89 bits per heavy atom. The SMILES string of the molecule is Cc1cc(NC2CCNC3(CCC3)C2)ccc1C#N. The monoisotopic (exact) mass is 255 g/mol. The van der Waals surface area contributed by atoms with E-state index >= 15 is 0 Å². The van der Waals surface area contributed by atoms with Crippen LogP contribution in [-0.2, 0) is 0 Å². The van der Waals surface area contributed by atoms with E-state index in [-0.39, 0.29) is 0 Å². The molecule has 0 bridgehead atoms. The molecule has 1 heterocycles. The molecule has 0 amide bonds. The number of nitriles is 1. The summed E-state index contributed by atoms with van der Waals surface area (Å²) in [5, 5.41) is 16.3. The molecule has 1 aromatic rings. The molecule has 2 N–H and O–H groups in total. The number of piperidine rings is 1. The number of rotatable bonds is 2. The number of nitrogens with one attached hydrogen (secondary N) is 2. The van der Waals surface area contributed by atoms with Crippen LogP contribution in [0.1, 0.15) is 43.2 Å². The molecule has 1 unspecified atom stereocenters. The van der Waals surface area contributed by atoms with Crippen LogP contribution in [0.25, 0.3) is 0 Å². The Kier molecular flexibility index (Phi) is 3.20. The average Bonchev–Trinajstić information content (AvgIpc) is 2.37. The summed E-state index contributed by atoms with van der Waals surface area (Å²) >= 11 is 0. The molecule has 1 saturated heterocycles. The van der Waals surface area contributed by atoms with Crippen LogP contribution in [0.5, 0.6) is 0 Å². The first-order chi connectivity index (χ1) is 9.21. The fraction of sp³-hybridized carbons (Fsp3) is 0.562. The van der Waals surface area contributed by atoms with Crippen LogP contribution in [0, 0.1) is 18.3 Å². The predicted molar refractivity (Wildman–Crippen MR) is 77.1 cm³/mol. The summed E-state index contributed by atoms with van der Waals surface area (Å²) in [7, 11) is 0. The summed E-state index contributed by atoms with van der Waals surface area (Å²) in [6.45, 7) is 3.12. The zero-order valence-electron chi connectivity index (χ0n) is 11.5. The number of nitrogens with zero attached hydrogens (tertiary/aromatic N) is 1. The zero-order valence-corrected chi connectivity index (χ0v) is 11.5. The molecule has 3 heteroatoms. The summed E-state index contributed by atoms with van der Waals surface area (Å²) in [5.41, 5.74) is 3.40. The Morgan fingerprint density at radius 2 is 2.26 bits per heavy atom. The van der Waals surface area contributed by atoms with E-state index in [9.17, 15) is 0 Å². The van der Waals surface area contributed by atoms with Gasteiger partial charge in [0.05, 0.1) is 11.6 Å². The Balaban J connectivity index is 1.68. The lowest BCUT2D eigenvalue weighted by Gasteiger charge is -2.48. The highest BCUT2D eigenvalue weighted by molar-refractivity contribution is 5.52. The second-order valence-corrected chi connectivity index (χ2v) is 6.04. The molecular weight excluding hydrogens is 234 g/mol. The van der Waals surface area contributed by atoms with Gasteiger partial charge in [-0.3, -0.25) is 0 Å². The van der Waals surface area contributed by atoms with E-state index in [1.54, 1.807) is 0 Å². The van der Waals surface area contributed by atoms with Crippen molar-refractivity contribution in [3.63, 3.8) is 0 Å². The quantitative estimate of drug-likeness (QED) is 0.854.